The minimum absolute atomic E-state index is 0.226. The van der Waals surface area contributed by atoms with Crippen LogP contribution in [0.1, 0.15) is 29.3 Å². The topological polar surface area (TPSA) is 64.1 Å². The first-order valence-corrected chi connectivity index (χ1v) is 10.6. The molecule has 5 nitrogen and oxygen atoms in total. The molecule has 3 aromatic rings. The van der Waals surface area contributed by atoms with Crippen LogP contribution in [0.5, 0.6) is 5.75 Å². The molecule has 3 rings (SSSR count). The molecule has 0 unspecified atom stereocenters. The normalized spacial score (nSPS) is 10.6. The van der Waals surface area contributed by atoms with Gasteiger partial charge in [0.1, 0.15) is 5.75 Å². The van der Waals surface area contributed by atoms with Gasteiger partial charge in [-0.3, -0.25) is 10.1 Å². The van der Waals surface area contributed by atoms with Crippen LogP contribution in [0.3, 0.4) is 0 Å². The summed E-state index contributed by atoms with van der Waals surface area (Å²) in [5, 5.41) is 12.1. The number of aromatic nitrogens is 2. The van der Waals surface area contributed by atoms with Gasteiger partial charge in [-0.2, -0.15) is 0 Å². The second kappa shape index (κ2) is 9.73. The molecule has 0 spiro atoms. The number of rotatable bonds is 8. The van der Waals surface area contributed by atoms with Crippen molar-refractivity contribution >= 4 is 45.7 Å². The average molecular weight is 420 g/mol. The van der Waals surface area contributed by atoms with Crippen molar-refractivity contribution in [3.8, 4) is 5.75 Å². The molecular formula is C19H18ClN3O2S2. The number of hydrogen-bond donors (Lipinski definition) is 1. The molecule has 0 aliphatic heterocycles. The van der Waals surface area contributed by atoms with E-state index in [1.165, 1.54) is 23.1 Å². The number of amides is 1. The molecule has 8 heteroatoms. The van der Waals surface area contributed by atoms with E-state index in [0.29, 0.717) is 23.1 Å². The molecule has 27 heavy (non-hydrogen) atoms. The minimum atomic E-state index is -0.226. The Bertz CT molecular complexity index is 900. The molecular weight excluding hydrogens is 402 g/mol. The number of nitrogens with zero attached hydrogens (tertiary/aromatic N) is 2. The summed E-state index contributed by atoms with van der Waals surface area (Å²) in [7, 11) is 0. The largest absolute Gasteiger partial charge is 0.494 e. The van der Waals surface area contributed by atoms with Crippen LogP contribution in [0.4, 0.5) is 5.13 Å². The molecule has 0 fully saturated rings. The van der Waals surface area contributed by atoms with Gasteiger partial charge in [0, 0.05) is 16.3 Å². The van der Waals surface area contributed by atoms with Gasteiger partial charge in [0.05, 0.1) is 6.61 Å². The summed E-state index contributed by atoms with van der Waals surface area (Å²) in [6.45, 7) is 2.70. The molecule has 1 heterocycles. The second-order valence-corrected chi connectivity index (χ2v) is 8.19. The third kappa shape index (κ3) is 5.69. The lowest BCUT2D eigenvalue weighted by Gasteiger charge is -2.05. The SMILES string of the molecule is CCCOc1ccc(C(=O)Nc2nnc(SCc3ccccc3Cl)s2)cc1. The fourth-order valence-electron chi connectivity index (χ4n) is 2.17. The number of carbonyl (C=O) groups is 1. The fourth-order valence-corrected chi connectivity index (χ4v) is 4.20. The highest BCUT2D eigenvalue weighted by atomic mass is 35.5. The molecule has 1 N–H and O–H groups in total. The van der Waals surface area contributed by atoms with E-state index in [4.69, 9.17) is 16.3 Å². The standard InChI is InChI=1S/C19H18ClN3O2S2/c1-2-11-25-15-9-7-13(8-10-15)17(24)21-18-22-23-19(27-18)26-12-14-5-3-4-6-16(14)20/h3-10H,2,11-12H2,1H3,(H,21,22,24). The van der Waals surface area contributed by atoms with Crippen LogP contribution in [-0.2, 0) is 5.75 Å². The van der Waals surface area contributed by atoms with E-state index in [9.17, 15) is 4.79 Å². The molecule has 1 aromatic heterocycles. The highest BCUT2D eigenvalue weighted by Gasteiger charge is 2.11. The number of hydrogen-bond acceptors (Lipinski definition) is 6. The summed E-state index contributed by atoms with van der Waals surface area (Å²) in [4.78, 5) is 12.3. The van der Waals surface area contributed by atoms with Crippen LogP contribution in [-0.4, -0.2) is 22.7 Å². The summed E-state index contributed by atoms with van der Waals surface area (Å²) >= 11 is 9.03. The predicted molar refractivity (Wildman–Crippen MR) is 111 cm³/mol. The minimum Gasteiger partial charge on any atom is -0.494 e. The van der Waals surface area contributed by atoms with Crippen LogP contribution in [0.15, 0.2) is 52.9 Å². The van der Waals surface area contributed by atoms with Gasteiger partial charge in [0.25, 0.3) is 5.91 Å². The highest BCUT2D eigenvalue weighted by Crippen LogP contribution is 2.30. The Morgan fingerprint density at radius 1 is 1.19 bits per heavy atom. The van der Waals surface area contributed by atoms with Crippen molar-refractivity contribution in [2.24, 2.45) is 0 Å². The number of thioether (sulfide) groups is 1. The Balaban J connectivity index is 1.55. The average Bonchev–Trinajstić information content (AvgIpc) is 3.13. The Morgan fingerprint density at radius 2 is 1.96 bits per heavy atom. The third-order valence-corrected chi connectivity index (χ3v) is 5.91. The summed E-state index contributed by atoms with van der Waals surface area (Å²) in [5.74, 6) is 1.22. The summed E-state index contributed by atoms with van der Waals surface area (Å²) in [6, 6.07) is 14.7. The Kier molecular flexibility index (Phi) is 7.09. The van der Waals surface area contributed by atoms with Crippen molar-refractivity contribution < 1.29 is 9.53 Å². The lowest BCUT2D eigenvalue weighted by molar-refractivity contribution is 0.102. The third-order valence-electron chi connectivity index (χ3n) is 3.53. The molecule has 0 saturated heterocycles. The van der Waals surface area contributed by atoms with E-state index >= 15 is 0 Å². The Morgan fingerprint density at radius 3 is 2.70 bits per heavy atom. The van der Waals surface area contributed by atoms with Gasteiger partial charge >= 0.3 is 0 Å². The first-order valence-electron chi connectivity index (χ1n) is 8.39. The lowest BCUT2D eigenvalue weighted by Crippen LogP contribution is -2.11. The maximum Gasteiger partial charge on any atom is 0.257 e. The van der Waals surface area contributed by atoms with Gasteiger partial charge in [-0.1, -0.05) is 59.8 Å². The molecule has 0 saturated carbocycles. The lowest BCUT2D eigenvalue weighted by atomic mass is 10.2. The first-order chi connectivity index (χ1) is 13.2. The number of benzene rings is 2. The smallest absolute Gasteiger partial charge is 0.257 e. The molecule has 1 amide bonds. The van der Waals surface area contributed by atoms with Gasteiger partial charge in [-0.25, -0.2) is 0 Å². The van der Waals surface area contributed by atoms with Gasteiger partial charge in [0.2, 0.25) is 5.13 Å². The van der Waals surface area contributed by atoms with Crippen LogP contribution in [0.2, 0.25) is 5.02 Å². The number of halogens is 1. The summed E-state index contributed by atoms with van der Waals surface area (Å²) in [6.07, 6.45) is 0.941. The van der Waals surface area contributed by atoms with Gasteiger partial charge in [0.15, 0.2) is 4.34 Å². The van der Waals surface area contributed by atoms with E-state index < -0.39 is 0 Å². The molecule has 140 valence electrons. The zero-order chi connectivity index (χ0) is 19.1. The van der Waals surface area contributed by atoms with Crippen LogP contribution >= 0.6 is 34.7 Å². The first kappa shape index (κ1) is 19.7. The molecule has 0 aliphatic rings. The summed E-state index contributed by atoms with van der Waals surface area (Å²) in [5.41, 5.74) is 1.58. The van der Waals surface area contributed by atoms with Crippen molar-refractivity contribution in [3.63, 3.8) is 0 Å². The summed E-state index contributed by atoms with van der Waals surface area (Å²) < 4.78 is 6.29. The van der Waals surface area contributed by atoms with Crippen LogP contribution in [0.25, 0.3) is 0 Å². The van der Waals surface area contributed by atoms with Crippen LogP contribution in [0, 0.1) is 0 Å². The molecule has 0 aliphatic carbocycles. The zero-order valence-corrected chi connectivity index (χ0v) is 17.0. The van der Waals surface area contributed by atoms with Crippen molar-refractivity contribution in [1.29, 1.82) is 0 Å². The van der Waals surface area contributed by atoms with Crippen molar-refractivity contribution in [3.05, 3.63) is 64.7 Å². The van der Waals surface area contributed by atoms with Gasteiger partial charge in [-0.05, 0) is 42.3 Å². The number of ether oxygens (including phenoxy) is 1. The fraction of sp³-hybridized carbons (Fsp3) is 0.211. The quantitative estimate of drug-likeness (QED) is 0.384. The predicted octanol–water partition coefficient (Wildman–Crippen LogP) is 5.52. The second-order valence-electron chi connectivity index (χ2n) is 5.58. The van der Waals surface area contributed by atoms with Crippen molar-refractivity contribution in [2.75, 3.05) is 11.9 Å². The van der Waals surface area contributed by atoms with Crippen LogP contribution < -0.4 is 10.1 Å². The zero-order valence-electron chi connectivity index (χ0n) is 14.6. The Labute approximate surface area is 171 Å². The van der Waals surface area contributed by atoms with Crippen molar-refractivity contribution in [2.45, 2.75) is 23.4 Å². The Hall–Kier alpha value is -2.09. The molecule has 0 bridgehead atoms. The van der Waals surface area contributed by atoms with E-state index in [0.717, 1.165) is 27.1 Å². The molecule has 0 atom stereocenters. The van der Waals surface area contributed by atoms with Gasteiger partial charge in [-0.15, -0.1) is 10.2 Å². The molecule has 0 radical (unpaired) electrons. The van der Waals surface area contributed by atoms with E-state index in [-0.39, 0.29) is 5.91 Å². The number of anilines is 1. The highest BCUT2D eigenvalue weighted by molar-refractivity contribution is 8.00. The number of nitrogens with one attached hydrogen (secondary N) is 1. The monoisotopic (exact) mass is 419 g/mol. The van der Waals surface area contributed by atoms with E-state index in [1.807, 2.05) is 31.2 Å². The van der Waals surface area contributed by atoms with E-state index in [2.05, 4.69) is 15.5 Å². The maximum atomic E-state index is 12.3. The number of carbonyl (C=O) groups excluding carboxylic acids is 1. The van der Waals surface area contributed by atoms with E-state index in [1.54, 1.807) is 24.3 Å². The maximum absolute atomic E-state index is 12.3. The molecule has 2 aromatic carbocycles. The van der Waals surface area contributed by atoms with Crippen molar-refractivity contribution in [1.82, 2.24) is 10.2 Å². The van der Waals surface area contributed by atoms with Gasteiger partial charge < -0.3 is 4.74 Å².